The molecule has 1 fully saturated rings. The average Bonchev–Trinajstić information content (AvgIpc) is 3.03. The first-order valence-corrected chi connectivity index (χ1v) is 9.71. The molecule has 0 spiro atoms. The number of ether oxygens (including phenoxy) is 1. The van der Waals surface area contributed by atoms with Gasteiger partial charge < -0.3 is 20.5 Å². The molecule has 2 atom stereocenters. The summed E-state index contributed by atoms with van der Waals surface area (Å²) in [5.41, 5.74) is 1.72. The quantitative estimate of drug-likeness (QED) is 0.541. The van der Waals surface area contributed by atoms with Crippen molar-refractivity contribution in [2.24, 2.45) is 0 Å². The van der Waals surface area contributed by atoms with Crippen LogP contribution in [-0.2, 0) is 16.0 Å². The fourth-order valence-electron chi connectivity index (χ4n) is 3.32. The molecule has 1 aliphatic heterocycles. The van der Waals surface area contributed by atoms with E-state index >= 15 is 0 Å². The number of methoxy groups -OCH3 is 1. The average molecular weight is 411 g/mol. The molecule has 0 saturated carbocycles. The van der Waals surface area contributed by atoms with Crippen molar-refractivity contribution in [2.75, 3.05) is 20.3 Å². The van der Waals surface area contributed by atoms with Crippen molar-refractivity contribution in [3.63, 3.8) is 0 Å². The van der Waals surface area contributed by atoms with Gasteiger partial charge in [-0.05, 0) is 29.7 Å². The smallest absolute Gasteiger partial charge is 0.324 e. The molecule has 8 heteroatoms. The van der Waals surface area contributed by atoms with Crippen molar-refractivity contribution in [1.82, 2.24) is 15.5 Å². The van der Waals surface area contributed by atoms with E-state index in [-0.39, 0.29) is 19.6 Å². The van der Waals surface area contributed by atoms with Crippen molar-refractivity contribution in [3.05, 3.63) is 65.7 Å². The first kappa shape index (κ1) is 21.3. The minimum Gasteiger partial charge on any atom is -0.497 e. The fourth-order valence-corrected chi connectivity index (χ4v) is 3.32. The summed E-state index contributed by atoms with van der Waals surface area (Å²) in [5.74, 6) is -0.117. The SMILES string of the molecule is COc1ccc(CCN2C(=O)NC(CC(=O)NC(CO)c3ccccc3)C2=O)cc1. The number of aliphatic hydroxyl groups excluding tert-OH is 1. The van der Waals surface area contributed by atoms with Gasteiger partial charge in [-0.1, -0.05) is 42.5 Å². The lowest BCUT2D eigenvalue weighted by Crippen LogP contribution is -2.38. The number of hydrogen-bond acceptors (Lipinski definition) is 5. The van der Waals surface area contributed by atoms with E-state index in [0.29, 0.717) is 6.42 Å². The zero-order valence-electron chi connectivity index (χ0n) is 16.7. The maximum atomic E-state index is 12.6. The third-order valence-electron chi connectivity index (χ3n) is 5.00. The molecular formula is C22H25N3O5. The first-order valence-electron chi connectivity index (χ1n) is 9.71. The predicted octanol–water partition coefficient (Wildman–Crippen LogP) is 1.40. The number of rotatable bonds is 9. The van der Waals surface area contributed by atoms with E-state index in [0.717, 1.165) is 21.8 Å². The highest BCUT2D eigenvalue weighted by Crippen LogP contribution is 2.16. The monoisotopic (exact) mass is 411 g/mol. The van der Waals surface area contributed by atoms with Gasteiger partial charge in [-0.3, -0.25) is 14.5 Å². The van der Waals surface area contributed by atoms with Crippen LogP contribution in [0.2, 0.25) is 0 Å². The molecule has 1 heterocycles. The molecule has 0 radical (unpaired) electrons. The zero-order valence-corrected chi connectivity index (χ0v) is 16.7. The summed E-state index contributed by atoms with van der Waals surface area (Å²) in [6, 6.07) is 14.5. The Morgan fingerprint density at radius 3 is 2.50 bits per heavy atom. The van der Waals surface area contributed by atoms with Crippen LogP contribution in [0.1, 0.15) is 23.6 Å². The lowest BCUT2D eigenvalue weighted by Gasteiger charge is -2.18. The van der Waals surface area contributed by atoms with Crippen molar-refractivity contribution in [3.8, 4) is 5.75 Å². The number of aliphatic hydroxyl groups is 1. The molecule has 30 heavy (non-hydrogen) atoms. The molecule has 3 N–H and O–H groups in total. The van der Waals surface area contributed by atoms with Crippen LogP contribution in [0, 0.1) is 0 Å². The zero-order chi connectivity index (χ0) is 21.5. The van der Waals surface area contributed by atoms with E-state index in [1.807, 2.05) is 42.5 Å². The Hall–Kier alpha value is -3.39. The Morgan fingerprint density at radius 2 is 1.87 bits per heavy atom. The van der Waals surface area contributed by atoms with E-state index < -0.39 is 29.9 Å². The largest absolute Gasteiger partial charge is 0.497 e. The minimum absolute atomic E-state index is 0.188. The third kappa shape index (κ3) is 5.15. The number of carbonyl (C=O) groups is 3. The van der Waals surface area contributed by atoms with Gasteiger partial charge in [0.05, 0.1) is 26.2 Å². The predicted molar refractivity (Wildman–Crippen MR) is 110 cm³/mol. The summed E-state index contributed by atoms with van der Waals surface area (Å²) in [6.07, 6.45) is 0.315. The number of urea groups is 1. The molecule has 2 unspecified atom stereocenters. The van der Waals surface area contributed by atoms with Crippen LogP contribution in [0.15, 0.2) is 54.6 Å². The van der Waals surface area contributed by atoms with Gasteiger partial charge in [0.15, 0.2) is 0 Å². The summed E-state index contributed by atoms with van der Waals surface area (Å²) in [6.45, 7) is -0.0485. The number of imide groups is 1. The Bertz CT molecular complexity index is 885. The molecule has 158 valence electrons. The van der Waals surface area contributed by atoms with Gasteiger partial charge in [-0.15, -0.1) is 0 Å². The molecule has 4 amide bonds. The van der Waals surface area contributed by atoms with Crippen LogP contribution in [0.25, 0.3) is 0 Å². The van der Waals surface area contributed by atoms with Gasteiger partial charge in [-0.2, -0.15) is 0 Å². The van der Waals surface area contributed by atoms with E-state index in [9.17, 15) is 19.5 Å². The molecule has 8 nitrogen and oxygen atoms in total. The second-order valence-electron chi connectivity index (χ2n) is 7.01. The van der Waals surface area contributed by atoms with Crippen LogP contribution in [0.5, 0.6) is 5.75 Å². The maximum absolute atomic E-state index is 12.6. The van der Waals surface area contributed by atoms with Gasteiger partial charge in [0.1, 0.15) is 11.8 Å². The highest BCUT2D eigenvalue weighted by molar-refractivity contribution is 6.05. The van der Waals surface area contributed by atoms with Gasteiger partial charge >= 0.3 is 6.03 Å². The molecule has 0 aromatic heterocycles. The summed E-state index contributed by atoms with van der Waals surface area (Å²) >= 11 is 0. The summed E-state index contributed by atoms with van der Waals surface area (Å²) in [5, 5.41) is 14.8. The van der Waals surface area contributed by atoms with Crippen molar-refractivity contribution in [2.45, 2.75) is 24.9 Å². The van der Waals surface area contributed by atoms with Crippen molar-refractivity contribution in [1.29, 1.82) is 0 Å². The first-order chi connectivity index (χ1) is 14.5. The Kier molecular flexibility index (Phi) is 7.03. The topological polar surface area (TPSA) is 108 Å². The van der Waals surface area contributed by atoms with Crippen LogP contribution >= 0.6 is 0 Å². The van der Waals surface area contributed by atoms with E-state index in [2.05, 4.69) is 10.6 Å². The number of nitrogens with one attached hydrogen (secondary N) is 2. The second kappa shape index (κ2) is 9.89. The number of hydrogen-bond donors (Lipinski definition) is 3. The Balaban J connectivity index is 1.54. The molecular weight excluding hydrogens is 386 g/mol. The summed E-state index contributed by atoms with van der Waals surface area (Å²) < 4.78 is 5.11. The van der Waals surface area contributed by atoms with Gasteiger partial charge in [0.25, 0.3) is 5.91 Å². The number of benzene rings is 2. The molecule has 0 bridgehead atoms. The fraction of sp³-hybridized carbons (Fsp3) is 0.318. The van der Waals surface area contributed by atoms with Crippen molar-refractivity contribution < 1.29 is 24.2 Å². The molecule has 1 aliphatic rings. The number of carbonyl (C=O) groups excluding carboxylic acids is 3. The van der Waals surface area contributed by atoms with E-state index in [1.165, 1.54) is 0 Å². The Labute approximate surface area is 174 Å². The van der Waals surface area contributed by atoms with Crippen molar-refractivity contribution >= 4 is 17.8 Å². The maximum Gasteiger partial charge on any atom is 0.324 e. The number of amides is 4. The van der Waals surface area contributed by atoms with E-state index in [4.69, 9.17) is 4.74 Å². The van der Waals surface area contributed by atoms with Gasteiger partial charge in [0, 0.05) is 6.54 Å². The standard InChI is InChI=1S/C22H25N3O5/c1-30-17-9-7-15(8-10-17)11-12-25-21(28)18(24-22(25)29)13-20(27)23-19(14-26)16-5-3-2-4-6-16/h2-10,18-19,26H,11-14H2,1H3,(H,23,27)(H,24,29). The molecule has 2 aromatic carbocycles. The van der Waals surface area contributed by atoms with Gasteiger partial charge in [0.2, 0.25) is 5.91 Å². The van der Waals surface area contributed by atoms with Crippen LogP contribution in [0.4, 0.5) is 4.79 Å². The summed E-state index contributed by atoms with van der Waals surface area (Å²) in [4.78, 5) is 38.3. The minimum atomic E-state index is -0.913. The normalized spacial score (nSPS) is 16.9. The Morgan fingerprint density at radius 1 is 1.17 bits per heavy atom. The molecule has 2 aromatic rings. The number of nitrogens with zero attached hydrogens (tertiary/aromatic N) is 1. The second-order valence-corrected chi connectivity index (χ2v) is 7.01. The van der Waals surface area contributed by atoms with Crippen LogP contribution < -0.4 is 15.4 Å². The lowest BCUT2D eigenvalue weighted by atomic mass is 10.1. The highest BCUT2D eigenvalue weighted by Gasteiger charge is 2.38. The highest BCUT2D eigenvalue weighted by atomic mass is 16.5. The van der Waals surface area contributed by atoms with E-state index in [1.54, 1.807) is 19.2 Å². The van der Waals surface area contributed by atoms with Gasteiger partial charge in [-0.25, -0.2) is 4.79 Å². The molecule has 1 saturated heterocycles. The lowest BCUT2D eigenvalue weighted by molar-refractivity contribution is -0.131. The van der Waals surface area contributed by atoms with Crippen LogP contribution in [0.3, 0.4) is 0 Å². The third-order valence-corrected chi connectivity index (χ3v) is 5.00. The van der Waals surface area contributed by atoms with Crippen LogP contribution in [-0.4, -0.2) is 54.2 Å². The summed E-state index contributed by atoms with van der Waals surface area (Å²) in [7, 11) is 1.58. The molecule has 0 aliphatic carbocycles. The molecule has 3 rings (SSSR count).